The Balaban J connectivity index is 2.58. The van der Waals surface area contributed by atoms with Gasteiger partial charge in [0.05, 0.1) is 6.42 Å². The molecule has 16 heavy (non-hydrogen) atoms. The molecule has 0 unspecified atom stereocenters. The Labute approximate surface area is 91.0 Å². The highest BCUT2D eigenvalue weighted by atomic mass is 19.4. The van der Waals surface area contributed by atoms with Crippen LogP contribution in [0.2, 0.25) is 0 Å². The van der Waals surface area contributed by atoms with Crippen LogP contribution in [0.1, 0.15) is 12.8 Å². The van der Waals surface area contributed by atoms with Crippen LogP contribution in [-0.2, 0) is 9.53 Å². The van der Waals surface area contributed by atoms with Crippen molar-refractivity contribution >= 4 is 5.97 Å². The number of nitrogens with zero attached hydrogens (tertiary/aromatic N) is 1. The van der Waals surface area contributed by atoms with Crippen LogP contribution in [0.4, 0.5) is 13.2 Å². The molecule has 0 aromatic heterocycles. The van der Waals surface area contributed by atoms with E-state index in [2.05, 4.69) is 4.74 Å². The summed E-state index contributed by atoms with van der Waals surface area (Å²) in [6, 6.07) is 0. The first-order chi connectivity index (χ1) is 7.31. The molecule has 0 saturated carbocycles. The van der Waals surface area contributed by atoms with Crippen molar-refractivity contribution < 1.29 is 27.8 Å². The van der Waals surface area contributed by atoms with Gasteiger partial charge >= 0.3 is 12.1 Å². The summed E-state index contributed by atoms with van der Waals surface area (Å²) in [4.78, 5) is 11.8. The van der Waals surface area contributed by atoms with Crippen LogP contribution in [0.25, 0.3) is 0 Å². The minimum absolute atomic E-state index is 0.122. The van der Waals surface area contributed by atoms with E-state index in [-0.39, 0.29) is 32.5 Å². The molecule has 1 rings (SSSR count). The van der Waals surface area contributed by atoms with Gasteiger partial charge in [0.15, 0.2) is 5.60 Å². The maximum absolute atomic E-state index is 12.7. The molecule has 1 aliphatic heterocycles. The van der Waals surface area contributed by atoms with Gasteiger partial charge in [-0.25, -0.2) is 0 Å². The lowest BCUT2D eigenvalue weighted by Gasteiger charge is -2.30. The zero-order chi connectivity index (χ0) is 12.4. The third-order valence-corrected chi connectivity index (χ3v) is 2.86. The van der Waals surface area contributed by atoms with Gasteiger partial charge in [0.1, 0.15) is 0 Å². The van der Waals surface area contributed by atoms with Gasteiger partial charge in [0, 0.05) is 26.7 Å². The maximum Gasteiger partial charge on any atom is 0.418 e. The molecule has 0 radical (unpaired) electrons. The predicted octanol–water partition coefficient (Wildman–Crippen LogP) is 1.11. The first-order valence-electron chi connectivity index (χ1n) is 4.87. The average molecular weight is 241 g/mol. The fraction of sp³-hybridized carbons (Fsp3) is 0.889. The monoisotopic (exact) mass is 241 g/mol. The molecular weight excluding hydrogens is 227 g/mol. The minimum atomic E-state index is -4.42. The van der Waals surface area contributed by atoms with E-state index in [9.17, 15) is 18.0 Å². The Morgan fingerprint density at radius 1 is 1.56 bits per heavy atom. The molecule has 0 aromatic rings. The summed E-state index contributed by atoms with van der Waals surface area (Å²) in [6.07, 6.45) is -4.72. The lowest BCUT2D eigenvalue weighted by Crippen LogP contribution is -2.49. The normalized spacial score (nSPS) is 27.2. The van der Waals surface area contributed by atoms with E-state index < -0.39 is 17.7 Å². The number of hydrogen-bond acceptors (Lipinski definition) is 3. The quantitative estimate of drug-likeness (QED) is 0.801. The molecule has 1 N–H and O–H groups in total. The molecule has 0 aliphatic carbocycles. The molecule has 0 amide bonds. The van der Waals surface area contributed by atoms with Gasteiger partial charge in [0.25, 0.3) is 0 Å². The van der Waals surface area contributed by atoms with Crippen LogP contribution in [0.15, 0.2) is 0 Å². The zero-order valence-electron chi connectivity index (χ0n) is 8.88. The third-order valence-electron chi connectivity index (χ3n) is 2.86. The highest BCUT2D eigenvalue weighted by Gasteiger charge is 2.58. The van der Waals surface area contributed by atoms with E-state index >= 15 is 0 Å². The summed E-state index contributed by atoms with van der Waals surface area (Å²) >= 11 is 0. The van der Waals surface area contributed by atoms with E-state index in [1.54, 1.807) is 0 Å². The number of likely N-dealkylation sites (tertiary alicyclic amines) is 1. The zero-order valence-corrected chi connectivity index (χ0v) is 8.88. The van der Waals surface area contributed by atoms with Gasteiger partial charge in [0.2, 0.25) is 0 Å². The average Bonchev–Trinajstić information content (AvgIpc) is 2.58. The Morgan fingerprint density at radius 2 is 2.19 bits per heavy atom. The lowest BCUT2D eigenvalue weighted by molar-refractivity contribution is -0.263. The number of hydrogen-bond donors (Lipinski definition) is 1. The van der Waals surface area contributed by atoms with Gasteiger partial charge in [-0.3, -0.25) is 9.69 Å². The van der Waals surface area contributed by atoms with Crippen LogP contribution in [0.5, 0.6) is 0 Å². The first kappa shape index (κ1) is 13.2. The topological polar surface area (TPSA) is 49.8 Å². The molecule has 94 valence electrons. The summed E-state index contributed by atoms with van der Waals surface area (Å²) in [6.45, 7) is 0.0391. The largest absolute Gasteiger partial charge is 0.481 e. The van der Waals surface area contributed by atoms with E-state index in [0.717, 1.165) is 7.11 Å². The number of aliphatic carboxylic acids is 1. The van der Waals surface area contributed by atoms with E-state index in [4.69, 9.17) is 5.11 Å². The Hall–Kier alpha value is -0.820. The predicted molar refractivity (Wildman–Crippen MR) is 49.1 cm³/mol. The second-order valence-corrected chi connectivity index (χ2v) is 3.87. The van der Waals surface area contributed by atoms with Crippen LogP contribution >= 0.6 is 0 Å². The number of alkyl halides is 3. The number of ether oxygens (including phenoxy) is 1. The number of halogens is 3. The van der Waals surface area contributed by atoms with E-state index in [1.165, 1.54) is 4.90 Å². The van der Waals surface area contributed by atoms with Crippen molar-refractivity contribution in [3.8, 4) is 0 Å². The Kier molecular flexibility index (Phi) is 3.80. The molecule has 1 atom stereocenters. The summed E-state index contributed by atoms with van der Waals surface area (Å²) in [5.41, 5.74) is -2.13. The first-order valence-corrected chi connectivity index (χ1v) is 4.87. The highest BCUT2D eigenvalue weighted by molar-refractivity contribution is 5.66. The lowest BCUT2D eigenvalue weighted by atomic mass is 10.0. The Morgan fingerprint density at radius 3 is 2.56 bits per heavy atom. The number of methoxy groups -OCH3 is 1. The number of rotatable bonds is 4. The molecule has 7 heteroatoms. The Bertz CT molecular complexity index is 269. The summed E-state index contributed by atoms with van der Waals surface area (Å²) in [7, 11) is 1.04. The van der Waals surface area contributed by atoms with Gasteiger partial charge < -0.3 is 9.84 Å². The minimum Gasteiger partial charge on any atom is -0.481 e. The van der Waals surface area contributed by atoms with E-state index in [0.29, 0.717) is 0 Å². The molecule has 0 spiro atoms. The van der Waals surface area contributed by atoms with Gasteiger partial charge in [-0.2, -0.15) is 13.2 Å². The van der Waals surface area contributed by atoms with Crippen LogP contribution in [0.3, 0.4) is 0 Å². The van der Waals surface area contributed by atoms with Crippen molar-refractivity contribution in [2.45, 2.75) is 24.6 Å². The van der Waals surface area contributed by atoms with Crippen molar-refractivity contribution in [3.63, 3.8) is 0 Å². The van der Waals surface area contributed by atoms with Crippen molar-refractivity contribution in [3.05, 3.63) is 0 Å². The van der Waals surface area contributed by atoms with Gasteiger partial charge in [-0.05, 0) is 6.42 Å². The second kappa shape index (κ2) is 4.58. The van der Waals surface area contributed by atoms with Crippen molar-refractivity contribution in [2.24, 2.45) is 0 Å². The molecule has 1 heterocycles. The maximum atomic E-state index is 12.7. The molecule has 1 fully saturated rings. The number of carboxylic acids is 1. The fourth-order valence-corrected chi connectivity index (χ4v) is 1.82. The van der Waals surface area contributed by atoms with Crippen molar-refractivity contribution in [1.82, 2.24) is 4.90 Å². The molecule has 1 saturated heterocycles. The number of carboxylic acid groups (broad SMARTS) is 1. The fourth-order valence-electron chi connectivity index (χ4n) is 1.82. The molecule has 0 bridgehead atoms. The van der Waals surface area contributed by atoms with Gasteiger partial charge in [-0.15, -0.1) is 0 Å². The van der Waals surface area contributed by atoms with Crippen molar-refractivity contribution in [1.29, 1.82) is 0 Å². The standard InChI is InChI=1S/C9H14F3NO3/c1-16-8(9(10,11)12)3-5-13(6-8)4-2-7(14)15/h2-6H2,1H3,(H,14,15)/t8-/m0/s1. The second-order valence-electron chi connectivity index (χ2n) is 3.87. The SMILES string of the molecule is CO[C@@]1(C(F)(F)F)CCN(CCC(=O)O)C1. The molecule has 4 nitrogen and oxygen atoms in total. The third kappa shape index (κ3) is 2.65. The van der Waals surface area contributed by atoms with Gasteiger partial charge in [-0.1, -0.05) is 0 Å². The molecule has 0 aromatic carbocycles. The van der Waals surface area contributed by atoms with Crippen LogP contribution in [0, 0.1) is 0 Å². The molecule has 1 aliphatic rings. The summed E-state index contributed by atoms with van der Waals surface area (Å²) < 4.78 is 42.7. The number of carbonyl (C=O) groups is 1. The highest BCUT2D eigenvalue weighted by Crippen LogP contribution is 2.40. The summed E-state index contributed by atoms with van der Waals surface area (Å²) in [5.74, 6) is -1.01. The molecular formula is C9H14F3NO3. The van der Waals surface area contributed by atoms with E-state index in [1.807, 2.05) is 0 Å². The van der Waals surface area contributed by atoms with Crippen LogP contribution in [-0.4, -0.2) is 54.5 Å². The van der Waals surface area contributed by atoms with Crippen LogP contribution < -0.4 is 0 Å². The van der Waals surface area contributed by atoms with Crippen molar-refractivity contribution in [2.75, 3.05) is 26.7 Å². The smallest absolute Gasteiger partial charge is 0.418 e. The summed E-state index contributed by atoms with van der Waals surface area (Å²) in [5, 5.41) is 8.44.